The lowest BCUT2D eigenvalue weighted by Crippen LogP contribution is -2.29. The summed E-state index contributed by atoms with van der Waals surface area (Å²) in [4.78, 5) is 7.25. The summed E-state index contributed by atoms with van der Waals surface area (Å²) in [6.07, 6.45) is 21.4. The molecule has 0 spiro atoms. The van der Waals surface area contributed by atoms with Gasteiger partial charge in [0.25, 0.3) is 0 Å². The Bertz CT molecular complexity index is 4590. The Morgan fingerprint density at radius 2 is 0.610 bits per heavy atom. The molecule has 0 N–H and O–H groups in total. The Hall–Kier alpha value is -9.96. The van der Waals surface area contributed by atoms with Crippen LogP contribution in [-0.4, -0.2) is 0 Å². The molecule has 3 heteroatoms. The molecule has 0 atom stereocenters. The van der Waals surface area contributed by atoms with Gasteiger partial charge < -0.3 is 14.7 Å². The number of hydrogen-bond acceptors (Lipinski definition) is 3. The zero-order valence-corrected chi connectivity index (χ0v) is 60.1. The van der Waals surface area contributed by atoms with Gasteiger partial charge in [-0.25, -0.2) is 0 Å². The van der Waals surface area contributed by atoms with E-state index in [0.717, 1.165) is 77.6 Å². The molecule has 12 aromatic carbocycles. The van der Waals surface area contributed by atoms with Gasteiger partial charge in [0.1, 0.15) is 0 Å². The summed E-state index contributed by atoms with van der Waals surface area (Å²) in [7, 11) is 0. The first-order chi connectivity index (χ1) is 49.2. The summed E-state index contributed by atoms with van der Waals surface area (Å²) in [5.74, 6) is 0. The maximum atomic E-state index is 2.57. The van der Waals surface area contributed by atoms with Gasteiger partial charge in [-0.05, 0) is 282 Å². The smallest absolute Gasteiger partial charge is 0.0714 e. The molecule has 0 fully saturated rings. The minimum absolute atomic E-state index is 0.515. The SMILES string of the molecule is CCCCCCc1cccc(C2(c3cccc(CCCCCC)c3)c3cc(C)ccc3-c3ccc(-c4ccc(N(c5ccc(-c6ccc(N(c7ccc(C)cc7)c7ccc8c(c7)CC8)cc6)cc5)c5ccc(N(c6ccc(CCCC)cc6)c6ccc(CCCC)cc6)cc5)cc4)cc32)c1. The Morgan fingerprint density at radius 1 is 0.260 bits per heavy atom. The van der Waals surface area contributed by atoms with Crippen LogP contribution in [0, 0.1) is 13.8 Å². The number of rotatable bonds is 29. The lowest BCUT2D eigenvalue weighted by atomic mass is 9.66. The predicted molar refractivity (Wildman–Crippen MR) is 428 cm³/mol. The molecule has 100 heavy (non-hydrogen) atoms. The predicted octanol–water partition coefficient (Wildman–Crippen LogP) is 27.4. The van der Waals surface area contributed by atoms with Gasteiger partial charge >= 0.3 is 0 Å². The number of anilines is 9. The van der Waals surface area contributed by atoms with Crippen molar-refractivity contribution >= 4 is 51.2 Å². The second-order valence-corrected chi connectivity index (χ2v) is 28.6. The van der Waals surface area contributed by atoms with Crippen molar-refractivity contribution in [2.24, 2.45) is 0 Å². The second kappa shape index (κ2) is 31.1. The van der Waals surface area contributed by atoms with E-state index in [2.05, 4.69) is 329 Å². The highest BCUT2D eigenvalue weighted by molar-refractivity contribution is 5.90. The van der Waals surface area contributed by atoms with Crippen molar-refractivity contribution in [2.75, 3.05) is 14.7 Å². The van der Waals surface area contributed by atoms with Crippen LogP contribution < -0.4 is 14.7 Å². The molecular weight excluding hydrogens is 1210 g/mol. The molecule has 2 aliphatic rings. The standard InChI is InChI=1S/C97H99N3/c1-7-11-15-17-23-74-25-19-27-82(66-74)97(83-28-20-26-75(67-83)24-18-16-12-8-2)95-65-71(6)31-63-93(95)94-64-45-81(69-96(94)97)79-42-56-88(57-43-79)99(91-61-59-90(60-62-91)98(85-48-32-72(33-49-85)21-13-9-3)86-50-34-73(35-51-86)22-14-10-4)87-52-38-76(39-53-87)77-40-54-89(55-41-77)100(84-46-29-70(5)30-47-84)92-58-44-78-36-37-80(78)68-92/h19-20,25-35,38-69H,7-18,21-24,36-37H2,1-6H3. The molecule has 0 aromatic heterocycles. The number of unbranched alkanes of at least 4 members (excludes halogenated alkanes) is 8. The Morgan fingerprint density at radius 3 is 1.04 bits per heavy atom. The van der Waals surface area contributed by atoms with Crippen LogP contribution >= 0.6 is 0 Å². The molecule has 12 aromatic rings. The van der Waals surface area contributed by atoms with Gasteiger partial charge in [-0.2, -0.15) is 0 Å². The van der Waals surface area contributed by atoms with E-state index in [4.69, 9.17) is 0 Å². The number of nitrogens with zero attached hydrogens (tertiary/aromatic N) is 3. The van der Waals surface area contributed by atoms with Crippen LogP contribution in [0.15, 0.2) is 273 Å². The normalized spacial score (nSPS) is 12.5. The highest BCUT2D eigenvalue weighted by Gasteiger charge is 2.47. The summed E-state index contributed by atoms with van der Waals surface area (Å²) in [6.45, 7) is 13.6. The van der Waals surface area contributed by atoms with Crippen molar-refractivity contribution in [3.63, 3.8) is 0 Å². The van der Waals surface area contributed by atoms with E-state index in [-0.39, 0.29) is 0 Å². The fourth-order valence-electron chi connectivity index (χ4n) is 15.7. The van der Waals surface area contributed by atoms with E-state index in [1.54, 1.807) is 0 Å². The fraction of sp³-hybridized carbons (Fsp3) is 0.258. The van der Waals surface area contributed by atoms with Gasteiger partial charge in [-0.15, -0.1) is 0 Å². The van der Waals surface area contributed by atoms with Gasteiger partial charge in [0, 0.05) is 51.2 Å². The average molecular weight is 1310 g/mol. The lowest BCUT2D eigenvalue weighted by molar-refractivity contribution is 0.664. The third-order valence-electron chi connectivity index (χ3n) is 21.5. The molecule has 0 heterocycles. The summed E-state index contributed by atoms with van der Waals surface area (Å²) in [5.41, 5.74) is 33.6. The first-order valence-corrected chi connectivity index (χ1v) is 37.8. The molecule has 0 amide bonds. The third kappa shape index (κ3) is 14.3. The van der Waals surface area contributed by atoms with Gasteiger partial charge in [0.2, 0.25) is 0 Å². The number of fused-ring (bicyclic) bond motifs is 4. The van der Waals surface area contributed by atoms with Gasteiger partial charge in [0.05, 0.1) is 5.41 Å². The third-order valence-corrected chi connectivity index (χ3v) is 21.5. The first kappa shape index (κ1) is 67.2. The van der Waals surface area contributed by atoms with Gasteiger partial charge in [-0.3, -0.25) is 0 Å². The monoisotopic (exact) mass is 1310 g/mol. The Labute approximate surface area is 597 Å². The van der Waals surface area contributed by atoms with Crippen molar-refractivity contribution in [1.82, 2.24) is 0 Å². The van der Waals surface area contributed by atoms with Crippen LogP contribution in [0.3, 0.4) is 0 Å². The second-order valence-electron chi connectivity index (χ2n) is 28.6. The molecule has 0 aliphatic heterocycles. The molecular formula is C97H99N3. The van der Waals surface area contributed by atoms with E-state index in [1.165, 1.54) is 189 Å². The zero-order valence-electron chi connectivity index (χ0n) is 60.1. The molecule has 14 rings (SSSR count). The molecule has 2 aliphatic carbocycles. The molecule has 502 valence electrons. The van der Waals surface area contributed by atoms with Gasteiger partial charge in [0.15, 0.2) is 0 Å². The largest absolute Gasteiger partial charge is 0.311 e. The molecule has 3 nitrogen and oxygen atoms in total. The minimum Gasteiger partial charge on any atom is -0.311 e. The van der Waals surface area contributed by atoms with Crippen LogP contribution in [0.4, 0.5) is 51.2 Å². The van der Waals surface area contributed by atoms with Crippen molar-refractivity contribution in [1.29, 1.82) is 0 Å². The van der Waals surface area contributed by atoms with Crippen LogP contribution in [0.1, 0.15) is 172 Å². The van der Waals surface area contributed by atoms with Crippen LogP contribution in [0.2, 0.25) is 0 Å². The first-order valence-electron chi connectivity index (χ1n) is 37.8. The van der Waals surface area contributed by atoms with E-state index < -0.39 is 5.41 Å². The minimum atomic E-state index is -0.515. The molecule has 0 unspecified atom stereocenters. The van der Waals surface area contributed by atoms with E-state index in [1.807, 2.05) is 0 Å². The van der Waals surface area contributed by atoms with Crippen molar-refractivity contribution in [2.45, 2.75) is 163 Å². The van der Waals surface area contributed by atoms with E-state index >= 15 is 0 Å². The highest BCUT2D eigenvalue weighted by atomic mass is 15.2. The summed E-state index contributed by atoms with van der Waals surface area (Å²) < 4.78 is 0. The van der Waals surface area contributed by atoms with E-state index in [0.29, 0.717) is 0 Å². The highest BCUT2D eigenvalue weighted by Crippen LogP contribution is 2.58. The topological polar surface area (TPSA) is 9.72 Å². The molecule has 0 radical (unpaired) electrons. The zero-order chi connectivity index (χ0) is 68.4. The van der Waals surface area contributed by atoms with E-state index in [9.17, 15) is 0 Å². The number of hydrogen-bond donors (Lipinski definition) is 0. The summed E-state index contributed by atoms with van der Waals surface area (Å²) in [5, 5.41) is 0. The molecule has 0 saturated carbocycles. The summed E-state index contributed by atoms with van der Waals surface area (Å²) in [6, 6.07) is 105. The Balaban J connectivity index is 0.846. The van der Waals surface area contributed by atoms with Crippen LogP contribution in [0.5, 0.6) is 0 Å². The number of aryl methyl sites for hydroxylation is 8. The van der Waals surface area contributed by atoms with Crippen LogP contribution in [0.25, 0.3) is 33.4 Å². The number of benzene rings is 12. The Kier molecular flexibility index (Phi) is 20.9. The maximum Gasteiger partial charge on any atom is 0.0714 e. The van der Waals surface area contributed by atoms with Gasteiger partial charge in [-0.1, -0.05) is 248 Å². The van der Waals surface area contributed by atoms with Crippen LogP contribution in [-0.2, 0) is 43.9 Å². The fourth-order valence-corrected chi connectivity index (χ4v) is 15.7. The lowest BCUT2D eigenvalue weighted by Gasteiger charge is -2.35. The quantitative estimate of drug-likeness (QED) is 0.0433. The van der Waals surface area contributed by atoms with Crippen molar-refractivity contribution in [3.05, 3.63) is 340 Å². The molecule has 0 bridgehead atoms. The maximum absolute atomic E-state index is 2.57. The summed E-state index contributed by atoms with van der Waals surface area (Å²) >= 11 is 0. The molecule has 0 saturated heterocycles. The van der Waals surface area contributed by atoms with Crippen molar-refractivity contribution < 1.29 is 0 Å². The average Bonchev–Trinajstić information content (AvgIpc) is 1.53. The van der Waals surface area contributed by atoms with Crippen molar-refractivity contribution in [3.8, 4) is 33.4 Å².